The standard InChI is InChI=1S/C43H51N5O7.C42H50N6O7.ClH/c1-8-15-30-23-28-17-10-12-19-32(28)37(39(30)53-5)38-33-20-13-11-18-29(33)24-31(40(38)54-6)25-36(46-27(4)49)42(51)47-34(21-14-22-45-26(3)44)41(50)48-35(16-9-2)43(52)55-7;1-7-14-28-22-26-16-9-11-18-30(26)35(37(28)53-4)36-31-19-12-10-17-27(31)23-29(38(36)54-5)24-34(46-25(3)49)40(51)47-32(20-13-21-45-42(43)44)39(50)48-33(15-8-2)41(52)55-6;/h8-13,17-20,23-24,34-36H,1-2,14-16,21-22,25H2,3-7H3,(H2,44,45)(H,46,49)(H,47,51)(H,48,50);7-12,16-19,22-23,32-34H,1-2,13-15,20-21,24H2,3-6H3,(H,46,49)(H,47,51)(H,48,50)(H4,43,44,45);1H/t34-,35+,36?;32-,33+,34?;/m11./s1. The molecule has 0 fully saturated rings. The summed E-state index contributed by atoms with van der Waals surface area (Å²) in [5.74, 6) is -1.99. The number of amides is 6. The first-order valence-corrected chi connectivity index (χ1v) is 36.0. The molecule has 8 aromatic carbocycles. The first-order chi connectivity index (χ1) is 52.9. The fourth-order valence-electron chi connectivity index (χ4n) is 13.5. The van der Waals surface area contributed by atoms with E-state index in [2.05, 4.69) is 80.3 Å². The molecule has 8 rings (SSSR count). The summed E-state index contributed by atoms with van der Waals surface area (Å²) in [7, 11) is 8.83. The molecule has 0 aliphatic heterocycles. The lowest BCUT2D eigenvalue weighted by Gasteiger charge is -2.26. The maximum Gasteiger partial charge on any atom is 0.338 e. The lowest BCUT2D eigenvalue weighted by molar-refractivity contribution is -0.459. The number of carbonyl (C=O) groups excluding carboxylic acids is 8. The molecule has 6 atom stereocenters. The average Bonchev–Trinajstić information content (AvgIpc) is 0.744. The van der Waals surface area contributed by atoms with Gasteiger partial charge < -0.3 is 78.5 Å². The van der Waals surface area contributed by atoms with Crippen molar-refractivity contribution >= 4 is 102 Å². The zero-order valence-electron chi connectivity index (χ0n) is 64.4. The van der Waals surface area contributed by atoms with E-state index < -0.39 is 83.6 Å². The number of ether oxygens (including phenoxy) is 6. The normalized spacial score (nSPS) is 12.6. The van der Waals surface area contributed by atoms with Crippen LogP contribution in [0.2, 0.25) is 0 Å². The number of carbonyl (C=O) groups is 8. The van der Waals surface area contributed by atoms with Gasteiger partial charge in [0.05, 0.1) is 55.0 Å². The number of hydrogen-bond acceptors (Lipinski definition) is 15. The van der Waals surface area contributed by atoms with Crippen LogP contribution in [0.25, 0.3) is 65.3 Å². The van der Waals surface area contributed by atoms with Crippen LogP contribution in [-0.4, -0.2) is 151 Å². The van der Waals surface area contributed by atoms with Crippen molar-refractivity contribution in [3.05, 3.63) is 194 Å². The van der Waals surface area contributed by atoms with E-state index in [0.717, 1.165) is 76.5 Å². The number of fused-ring (bicyclic) bond motifs is 4. The van der Waals surface area contributed by atoms with Crippen molar-refractivity contribution in [2.24, 2.45) is 22.2 Å². The van der Waals surface area contributed by atoms with E-state index in [9.17, 15) is 38.4 Å². The Balaban J connectivity index is 0.000000343. The molecule has 6 amide bonds. The number of nitrogens with zero attached hydrogens (tertiary/aromatic N) is 1. The highest BCUT2D eigenvalue weighted by molar-refractivity contribution is 6.13. The highest BCUT2D eigenvalue weighted by Gasteiger charge is 2.35. The number of benzene rings is 8. The summed E-state index contributed by atoms with van der Waals surface area (Å²) in [6.45, 7) is 20.2. The fourth-order valence-corrected chi connectivity index (χ4v) is 13.5. The predicted molar refractivity (Wildman–Crippen MR) is 432 cm³/mol. The monoisotopic (exact) mass is 1540 g/mol. The molecular formula is C85H102ClN11O14. The van der Waals surface area contributed by atoms with Crippen molar-refractivity contribution in [3.8, 4) is 45.3 Å². The number of methoxy groups -OCH3 is 6. The Labute approximate surface area is 653 Å². The largest absolute Gasteiger partial charge is 1.00 e. The molecule has 2 unspecified atom stereocenters. The number of guanidine groups is 1. The third-order valence-electron chi connectivity index (χ3n) is 18.3. The zero-order chi connectivity index (χ0) is 80.1. The zero-order valence-corrected chi connectivity index (χ0v) is 65.2. The Morgan fingerprint density at radius 2 is 0.730 bits per heavy atom. The minimum absolute atomic E-state index is 0. The molecule has 0 radical (unpaired) electrons. The smallest absolute Gasteiger partial charge is 0.338 e. The lowest BCUT2D eigenvalue weighted by Crippen LogP contribution is -3.00. The lowest BCUT2D eigenvalue weighted by atomic mass is 9.87. The van der Waals surface area contributed by atoms with E-state index in [-0.39, 0.29) is 56.9 Å². The van der Waals surface area contributed by atoms with Gasteiger partial charge in [0.15, 0.2) is 0 Å². The summed E-state index contributed by atoms with van der Waals surface area (Å²) in [4.78, 5) is 113. The van der Waals surface area contributed by atoms with Gasteiger partial charge in [0, 0.05) is 55.5 Å². The molecule has 0 spiro atoms. The van der Waals surface area contributed by atoms with Crippen LogP contribution in [0.15, 0.2) is 177 Å². The van der Waals surface area contributed by atoms with Gasteiger partial charge >= 0.3 is 17.9 Å². The van der Waals surface area contributed by atoms with E-state index in [0.29, 0.717) is 78.7 Å². The summed E-state index contributed by atoms with van der Waals surface area (Å²) in [6, 6.07) is 33.3. The second-order valence-corrected chi connectivity index (χ2v) is 26.1. The number of hydrogen-bond donors (Lipinski definition) is 10. The van der Waals surface area contributed by atoms with Gasteiger partial charge in [-0.15, -0.1) is 26.3 Å². The van der Waals surface area contributed by atoms with E-state index in [1.807, 2.05) is 121 Å². The Kier molecular flexibility index (Phi) is 34.0. The summed E-state index contributed by atoms with van der Waals surface area (Å²) < 4.78 is 34.4. The minimum atomic E-state index is -1.14. The topological polar surface area (TPSA) is 369 Å². The fraction of sp³-hybridized carbons (Fsp3) is 0.318. The van der Waals surface area contributed by atoms with Gasteiger partial charge in [0.1, 0.15) is 59.2 Å². The van der Waals surface area contributed by atoms with Crippen LogP contribution < -0.4 is 85.4 Å². The Hall–Kier alpha value is -12.3. The molecule has 0 saturated heterocycles. The van der Waals surface area contributed by atoms with Crippen LogP contribution in [0.5, 0.6) is 23.0 Å². The van der Waals surface area contributed by atoms with Gasteiger partial charge in [-0.05, 0) is 148 Å². The number of aliphatic imine (C=N–C) groups is 1. The Morgan fingerprint density at radius 1 is 0.423 bits per heavy atom. The molecule has 0 aliphatic carbocycles. The van der Waals surface area contributed by atoms with Crippen LogP contribution in [0.3, 0.4) is 0 Å². The number of allylic oxidation sites excluding steroid dienone is 2. The number of nitrogens with two attached hydrogens (primary N) is 3. The van der Waals surface area contributed by atoms with Gasteiger partial charge in [0.25, 0.3) is 0 Å². The molecule has 25 nitrogen and oxygen atoms in total. The van der Waals surface area contributed by atoms with Crippen LogP contribution >= 0.6 is 0 Å². The molecule has 0 aromatic heterocycles. The van der Waals surface area contributed by atoms with Crippen molar-refractivity contribution in [3.63, 3.8) is 0 Å². The molecule has 0 saturated carbocycles. The quantitative estimate of drug-likeness (QED) is 0.00828. The van der Waals surface area contributed by atoms with Crippen molar-refractivity contribution < 1.29 is 84.2 Å². The highest BCUT2D eigenvalue weighted by atomic mass is 35.5. The third-order valence-corrected chi connectivity index (χ3v) is 18.3. The van der Waals surface area contributed by atoms with E-state index >= 15 is 0 Å². The Morgan fingerprint density at radius 3 is 1.03 bits per heavy atom. The molecule has 26 heteroatoms. The van der Waals surface area contributed by atoms with E-state index in [4.69, 9.17) is 45.6 Å². The summed E-state index contributed by atoms with van der Waals surface area (Å²) in [6.07, 6.45) is 9.03. The van der Waals surface area contributed by atoms with E-state index in [1.165, 1.54) is 40.2 Å². The number of halogens is 1. The Bertz CT molecular complexity index is 4490. The van der Waals surface area contributed by atoms with Crippen LogP contribution in [-0.2, 0) is 73.5 Å². The van der Waals surface area contributed by atoms with Crippen molar-refractivity contribution in [1.82, 2.24) is 31.9 Å². The van der Waals surface area contributed by atoms with Gasteiger partial charge in [0.2, 0.25) is 35.4 Å². The van der Waals surface area contributed by atoms with Crippen molar-refractivity contribution in [2.75, 3.05) is 55.7 Å². The molecule has 111 heavy (non-hydrogen) atoms. The number of rotatable bonds is 38. The summed E-state index contributed by atoms with van der Waals surface area (Å²) in [5, 5.41) is 23.9. The second-order valence-electron chi connectivity index (χ2n) is 26.1. The predicted octanol–water partition coefficient (Wildman–Crippen LogP) is 4.64. The van der Waals surface area contributed by atoms with E-state index in [1.54, 1.807) is 35.4 Å². The third kappa shape index (κ3) is 22.9. The van der Waals surface area contributed by atoms with Crippen LogP contribution in [0.4, 0.5) is 0 Å². The van der Waals surface area contributed by atoms with Crippen LogP contribution in [0.1, 0.15) is 81.5 Å². The molecular weight excluding hydrogens is 1430 g/mol. The van der Waals surface area contributed by atoms with Crippen molar-refractivity contribution in [1.29, 1.82) is 0 Å². The van der Waals surface area contributed by atoms with Crippen LogP contribution in [0, 0.1) is 0 Å². The average molecular weight is 1540 g/mol. The molecule has 588 valence electrons. The molecule has 0 bridgehead atoms. The highest BCUT2D eigenvalue weighted by Crippen LogP contribution is 2.51. The summed E-state index contributed by atoms with van der Waals surface area (Å²) >= 11 is 0. The first kappa shape index (κ1) is 87.7. The SMILES string of the molecule is C=CCc1cc2ccccc2c(-c2c(OC)c(CC(NC(C)=O)C(=O)N[C@H](CCCN=C(C)N)C(=O)N[C@@H](CC=C)C(=O)OC)cc3ccccc23)c1OC.C=CCc1cc2ccccc2c(-c2c(OC)c(CC(NC(C)=O)C(=O)N[C@H](CCC[NH+]=C(N)N)C(=O)N[C@@H](CC=C)C(=O)OC)cc3ccccc23)c1OC.[Cl-]. The van der Waals surface area contributed by atoms with Gasteiger partial charge in [-0.2, -0.15) is 0 Å². The number of amidine groups is 1. The first-order valence-electron chi connectivity index (χ1n) is 36.0. The van der Waals surface area contributed by atoms with Crippen molar-refractivity contribution in [2.45, 2.75) is 121 Å². The molecule has 13 N–H and O–H groups in total. The maximum absolute atomic E-state index is 14.2. The number of esters is 2. The van der Waals surface area contributed by atoms with Gasteiger partial charge in [-0.25, -0.2) is 9.59 Å². The summed E-state index contributed by atoms with van der Waals surface area (Å²) in [5.41, 5.74) is 23.1. The number of nitrogens with one attached hydrogen (secondary N) is 7. The molecule has 0 aliphatic rings. The second kappa shape index (κ2) is 43.1. The molecule has 0 heterocycles. The maximum atomic E-state index is 14.2. The molecule has 8 aromatic rings. The van der Waals surface area contributed by atoms with Gasteiger partial charge in [-0.3, -0.25) is 50.2 Å². The van der Waals surface area contributed by atoms with Gasteiger partial charge in [-0.1, -0.05) is 121 Å². The minimum Gasteiger partial charge on any atom is -1.00 e.